The molecule has 5 nitrogen and oxygen atoms in total. The van der Waals surface area contributed by atoms with Crippen LogP contribution in [0.4, 0.5) is 4.39 Å². The molecular formula is C14H12FN5. The first kappa shape index (κ1) is 12.3. The normalized spacial score (nSPS) is 10.8. The zero-order valence-corrected chi connectivity index (χ0v) is 10.5. The molecule has 0 saturated carbocycles. The molecule has 6 heteroatoms. The van der Waals surface area contributed by atoms with Crippen LogP contribution in [-0.2, 0) is 6.54 Å². The summed E-state index contributed by atoms with van der Waals surface area (Å²) in [5.74, 6) is -0.673. The average Bonchev–Trinajstić information content (AvgIpc) is 2.78. The van der Waals surface area contributed by atoms with Crippen molar-refractivity contribution in [1.82, 2.24) is 14.8 Å². The number of benzene rings is 1. The minimum atomic E-state index is -0.473. The second-order valence-corrected chi connectivity index (χ2v) is 4.43. The van der Waals surface area contributed by atoms with E-state index in [0.717, 1.165) is 11.8 Å². The maximum Gasteiger partial charge on any atom is 0.159 e. The number of rotatable bonds is 3. The molecule has 3 N–H and O–H groups in total. The van der Waals surface area contributed by atoms with E-state index in [2.05, 4.69) is 10.1 Å². The number of amidine groups is 1. The van der Waals surface area contributed by atoms with Gasteiger partial charge in [0, 0.05) is 0 Å². The first-order chi connectivity index (χ1) is 9.65. The van der Waals surface area contributed by atoms with Crippen molar-refractivity contribution in [3.63, 3.8) is 0 Å². The van der Waals surface area contributed by atoms with E-state index in [0.29, 0.717) is 17.6 Å². The van der Waals surface area contributed by atoms with Crippen LogP contribution < -0.4 is 5.73 Å². The summed E-state index contributed by atoms with van der Waals surface area (Å²) in [6.45, 7) is 0.489. The summed E-state index contributed by atoms with van der Waals surface area (Å²) >= 11 is 0. The predicted octanol–water partition coefficient (Wildman–Crippen LogP) is 1.90. The molecule has 0 aliphatic rings. The molecule has 3 rings (SSSR count). The lowest BCUT2D eigenvalue weighted by Gasteiger charge is -2.02. The van der Waals surface area contributed by atoms with Crippen molar-refractivity contribution in [2.45, 2.75) is 6.54 Å². The van der Waals surface area contributed by atoms with E-state index in [-0.39, 0.29) is 11.5 Å². The molecule has 1 aromatic carbocycles. The van der Waals surface area contributed by atoms with Crippen molar-refractivity contribution in [2.75, 3.05) is 0 Å². The van der Waals surface area contributed by atoms with Crippen molar-refractivity contribution in [3.05, 3.63) is 59.7 Å². The number of hydrogen-bond donors (Lipinski definition) is 2. The third-order valence-electron chi connectivity index (χ3n) is 2.98. The van der Waals surface area contributed by atoms with Gasteiger partial charge in [-0.1, -0.05) is 30.3 Å². The SMILES string of the molecule is N=C(N)c1nn(Cc2ccccc2)c2ncc(F)cc12. The minimum absolute atomic E-state index is 0.200. The molecule has 0 radical (unpaired) electrons. The zero-order valence-electron chi connectivity index (χ0n) is 10.5. The number of nitrogen functional groups attached to an aromatic ring is 1. The Morgan fingerprint density at radius 3 is 2.75 bits per heavy atom. The number of nitrogens with zero attached hydrogens (tertiary/aromatic N) is 3. The number of hydrogen-bond acceptors (Lipinski definition) is 3. The van der Waals surface area contributed by atoms with Crippen LogP contribution in [0.3, 0.4) is 0 Å². The summed E-state index contributed by atoms with van der Waals surface area (Å²) in [4.78, 5) is 4.05. The second kappa shape index (κ2) is 4.73. The largest absolute Gasteiger partial charge is 0.382 e. The summed E-state index contributed by atoms with van der Waals surface area (Å²) in [5, 5.41) is 12.2. The standard InChI is InChI=1S/C14H12FN5/c15-10-6-11-12(13(16)17)19-20(14(11)18-7-10)8-9-4-2-1-3-5-9/h1-7H,8H2,(H3,16,17). The predicted molar refractivity (Wildman–Crippen MR) is 74.0 cm³/mol. The summed E-state index contributed by atoms with van der Waals surface area (Å²) in [6, 6.07) is 11.0. The van der Waals surface area contributed by atoms with Gasteiger partial charge in [0.05, 0.1) is 18.1 Å². The number of nitrogens with two attached hydrogens (primary N) is 1. The number of pyridine rings is 1. The lowest BCUT2D eigenvalue weighted by molar-refractivity contribution is 0.622. The second-order valence-electron chi connectivity index (χ2n) is 4.43. The van der Waals surface area contributed by atoms with E-state index in [1.807, 2.05) is 30.3 Å². The van der Waals surface area contributed by atoms with Gasteiger partial charge in [0.25, 0.3) is 0 Å². The lowest BCUT2D eigenvalue weighted by Crippen LogP contribution is -2.13. The van der Waals surface area contributed by atoms with E-state index in [1.54, 1.807) is 4.68 Å². The van der Waals surface area contributed by atoms with Gasteiger partial charge in [-0.3, -0.25) is 5.41 Å². The molecule has 0 fully saturated rings. The van der Waals surface area contributed by atoms with Crippen LogP contribution in [0.1, 0.15) is 11.3 Å². The average molecular weight is 269 g/mol. The monoisotopic (exact) mass is 269 g/mol. The Balaban J connectivity index is 2.14. The fourth-order valence-corrected chi connectivity index (χ4v) is 2.10. The van der Waals surface area contributed by atoms with E-state index < -0.39 is 5.82 Å². The van der Waals surface area contributed by atoms with Crippen LogP contribution in [0.2, 0.25) is 0 Å². The Labute approximate surface area is 114 Å². The molecule has 0 unspecified atom stereocenters. The van der Waals surface area contributed by atoms with Gasteiger partial charge in [0.1, 0.15) is 17.3 Å². The van der Waals surface area contributed by atoms with Crippen LogP contribution in [0.15, 0.2) is 42.6 Å². The van der Waals surface area contributed by atoms with E-state index in [4.69, 9.17) is 11.1 Å². The molecule has 0 spiro atoms. The fraction of sp³-hybridized carbons (Fsp3) is 0.0714. The zero-order chi connectivity index (χ0) is 14.1. The molecule has 20 heavy (non-hydrogen) atoms. The topological polar surface area (TPSA) is 80.6 Å². The number of aromatic nitrogens is 3. The number of halogens is 1. The van der Waals surface area contributed by atoms with Crippen molar-refractivity contribution in [3.8, 4) is 0 Å². The van der Waals surface area contributed by atoms with Crippen LogP contribution in [0.25, 0.3) is 11.0 Å². The van der Waals surface area contributed by atoms with E-state index in [1.165, 1.54) is 6.07 Å². The highest BCUT2D eigenvalue weighted by atomic mass is 19.1. The van der Waals surface area contributed by atoms with Gasteiger partial charge in [0.15, 0.2) is 5.65 Å². The molecule has 0 atom stereocenters. The summed E-state index contributed by atoms with van der Waals surface area (Å²) < 4.78 is 14.9. The van der Waals surface area contributed by atoms with Gasteiger partial charge in [-0.2, -0.15) is 5.10 Å². The van der Waals surface area contributed by atoms with Crippen molar-refractivity contribution >= 4 is 16.9 Å². The Morgan fingerprint density at radius 2 is 2.05 bits per heavy atom. The van der Waals surface area contributed by atoms with Gasteiger partial charge in [-0.25, -0.2) is 14.1 Å². The first-order valence-corrected chi connectivity index (χ1v) is 6.05. The van der Waals surface area contributed by atoms with Gasteiger partial charge >= 0.3 is 0 Å². The molecule has 3 aromatic rings. The lowest BCUT2D eigenvalue weighted by atomic mass is 10.2. The molecule has 0 amide bonds. The Bertz CT molecular complexity index is 779. The molecule has 0 bridgehead atoms. The number of nitrogens with one attached hydrogen (secondary N) is 1. The molecule has 0 saturated heterocycles. The maximum absolute atomic E-state index is 13.3. The molecule has 2 heterocycles. The molecule has 0 aliphatic heterocycles. The minimum Gasteiger partial charge on any atom is -0.382 e. The molecular weight excluding hydrogens is 257 g/mol. The van der Waals surface area contributed by atoms with Crippen molar-refractivity contribution in [1.29, 1.82) is 5.41 Å². The van der Waals surface area contributed by atoms with Crippen LogP contribution in [-0.4, -0.2) is 20.6 Å². The van der Waals surface area contributed by atoms with Gasteiger partial charge in [0.2, 0.25) is 0 Å². The highest BCUT2D eigenvalue weighted by Crippen LogP contribution is 2.18. The fourth-order valence-electron chi connectivity index (χ4n) is 2.10. The Hall–Kier alpha value is -2.76. The van der Waals surface area contributed by atoms with E-state index in [9.17, 15) is 4.39 Å². The summed E-state index contributed by atoms with van der Waals surface area (Å²) in [6.07, 6.45) is 1.13. The van der Waals surface area contributed by atoms with Crippen molar-refractivity contribution in [2.24, 2.45) is 5.73 Å². The van der Waals surface area contributed by atoms with Gasteiger partial charge < -0.3 is 5.73 Å². The van der Waals surface area contributed by atoms with E-state index >= 15 is 0 Å². The maximum atomic E-state index is 13.3. The summed E-state index contributed by atoms with van der Waals surface area (Å²) in [7, 11) is 0. The molecule has 2 aromatic heterocycles. The highest BCUT2D eigenvalue weighted by molar-refractivity contribution is 6.04. The summed E-state index contributed by atoms with van der Waals surface area (Å²) in [5.41, 5.74) is 7.30. The van der Waals surface area contributed by atoms with Crippen molar-refractivity contribution < 1.29 is 4.39 Å². The molecule has 0 aliphatic carbocycles. The number of fused-ring (bicyclic) bond motifs is 1. The third kappa shape index (κ3) is 2.11. The third-order valence-corrected chi connectivity index (χ3v) is 2.98. The smallest absolute Gasteiger partial charge is 0.159 e. The Kier molecular flexibility index (Phi) is 2.90. The van der Waals surface area contributed by atoms with Gasteiger partial charge in [-0.05, 0) is 11.6 Å². The van der Waals surface area contributed by atoms with Gasteiger partial charge in [-0.15, -0.1) is 0 Å². The van der Waals surface area contributed by atoms with Crippen LogP contribution in [0.5, 0.6) is 0 Å². The van der Waals surface area contributed by atoms with Crippen LogP contribution >= 0.6 is 0 Å². The molecule has 100 valence electrons. The Morgan fingerprint density at radius 1 is 1.30 bits per heavy atom. The quantitative estimate of drug-likeness (QED) is 0.563. The first-order valence-electron chi connectivity index (χ1n) is 6.05. The van der Waals surface area contributed by atoms with Crippen LogP contribution in [0, 0.1) is 11.2 Å². The highest BCUT2D eigenvalue weighted by Gasteiger charge is 2.14.